The predicted molar refractivity (Wildman–Crippen MR) is 143 cm³/mol. The number of carbonyl (C=O) groups is 2. The Balaban J connectivity index is 1.40. The average molecular weight is 537 g/mol. The Hall–Kier alpha value is -4.35. The van der Waals surface area contributed by atoms with Crippen LogP contribution in [-0.4, -0.2) is 51.5 Å². The molecule has 0 spiro atoms. The minimum Gasteiger partial charge on any atom is -0.494 e. The van der Waals surface area contributed by atoms with E-state index < -0.39 is 11.9 Å². The Bertz CT molecular complexity index is 1290. The summed E-state index contributed by atoms with van der Waals surface area (Å²) in [6.07, 6.45) is 6.06. The molecule has 5 N–H and O–H groups in total. The molecule has 3 aromatic rings. The number of aromatic nitrogens is 4. The first kappa shape index (κ1) is 27.7. The molecule has 0 aliphatic heterocycles. The van der Waals surface area contributed by atoms with E-state index in [0.717, 1.165) is 36.8 Å². The number of aliphatic imine (C=N–C) groups is 1. The molecule has 1 saturated carbocycles. The highest BCUT2D eigenvalue weighted by molar-refractivity contribution is 5.98. The number of nitrogens with one attached hydrogen (secondary N) is 3. The van der Waals surface area contributed by atoms with Crippen molar-refractivity contribution >= 4 is 17.8 Å². The molecule has 1 aromatic heterocycles. The maximum atomic E-state index is 13.7. The van der Waals surface area contributed by atoms with Gasteiger partial charge in [-0.05, 0) is 46.9 Å². The van der Waals surface area contributed by atoms with Gasteiger partial charge in [0.25, 0.3) is 0 Å². The Morgan fingerprint density at radius 2 is 2.00 bits per heavy atom. The third-order valence-electron chi connectivity index (χ3n) is 6.72. The van der Waals surface area contributed by atoms with Crippen LogP contribution in [0.25, 0.3) is 11.4 Å². The zero-order valence-electron chi connectivity index (χ0n) is 21.8. The zero-order valence-corrected chi connectivity index (χ0v) is 21.8. The molecular formula is C27H33FN8O3. The van der Waals surface area contributed by atoms with Gasteiger partial charge in [-0.3, -0.25) is 14.9 Å². The first-order valence-corrected chi connectivity index (χ1v) is 13.0. The van der Waals surface area contributed by atoms with E-state index in [1.54, 1.807) is 24.3 Å². The van der Waals surface area contributed by atoms with Crippen molar-refractivity contribution in [3.05, 3.63) is 59.4 Å². The van der Waals surface area contributed by atoms with Crippen LogP contribution < -0.4 is 21.1 Å². The van der Waals surface area contributed by atoms with E-state index in [0.29, 0.717) is 23.7 Å². The fraction of sp³-hybridized carbons (Fsp3) is 0.407. The van der Waals surface area contributed by atoms with Crippen molar-refractivity contribution in [2.24, 2.45) is 16.6 Å². The van der Waals surface area contributed by atoms with Gasteiger partial charge in [0.15, 0.2) is 17.5 Å². The molecule has 12 heteroatoms. The molecule has 1 fully saturated rings. The van der Waals surface area contributed by atoms with Crippen LogP contribution >= 0.6 is 0 Å². The van der Waals surface area contributed by atoms with Gasteiger partial charge in [0.05, 0.1) is 13.5 Å². The first-order valence-electron chi connectivity index (χ1n) is 13.0. The molecular weight excluding hydrogens is 503 g/mol. The number of H-pyrrole nitrogens is 1. The summed E-state index contributed by atoms with van der Waals surface area (Å²) in [6.45, 7) is 0.176. The van der Waals surface area contributed by atoms with E-state index in [2.05, 4.69) is 36.3 Å². The summed E-state index contributed by atoms with van der Waals surface area (Å²) >= 11 is 0. The summed E-state index contributed by atoms with van der Waals surface area (Å²) in [7, 11) is 1.39. The summed E-state index contributed by atoms with van der Waals surface area (Å²) < 4.78 is 18.8. The number of methoxy groups -OCH3 is 1. The van der Waals surface area contributed by atoms with Gasteiger partial charge in [-0.1, -0.05) is 56.4 Å². The molecule has 1 atom stereocenters. The maximum absolute atomic E-state index is 13.7. The van der Waals surface area contributed by atoms with Gasteiger partial charge in [0, 0.05) is 12.1 Å². The number of hydrogen-bond acceptors (Lipinski definition) is 7. The Kier molecular flexibility index (Phi) is 9.54. The number of ether oxygens (including phenoxy) is 1. The molecule has 11 nitrogen and oxygen atoms in total. The van der Waals surface area contributed by atoms with E-state index in [9.17, 15) is 14.0 Å². The Morgan fingerprint density at radius 1 is 1.18 bits per heavy atom. The molecule has 1 aliphatic carbocycles. The number of rotatable bonds is 10. The van der Waals surface area contributed by atoms with Crippen LogP contribution in [0.4, 0.5) is 4.39 Å². The SMILES string of the molecule is COc1cc(CNC(=O)C(CC2CCCCC2)N=C(N)NC(=O)Cc2cccc(-c3nn[nH]n3)c2)ccc1F. The number of carbonyl (C=O) groups excluding carboxylic acids is 2. The van der Waals surface area contributed by atoms with Gasteiger partial charge in [0.2, 0.25) is 17.6 Å². The molecule has 2 aromatic carbocycles. The number of nitrogens with two attached hydrogens (primary N) is 1. The number of tetrazole rings is 1. The number of guanidine groups is 1. The second-order valence-corrected chi connectivity index (χ2v) is 9.62. The number of halogens is 1. The highest BCUT2D eigenvalue weighted by atomic mass is 19.1. The second kappa shape index (κ2) is 13.4. The third-order valence-corrected chi connectivity index (χ3v) is 6.72. The largest absolute Gasteiger partial charge is 0.494 e. The molecule has 1 aliphatic rings. The monoisotopic (exact) mass is 536 g/mol. The Labute approximate surface area is 225 Å². The lowest BCUT2D eigenvalue weighted by Gasteiger charge is -2.24. The highest BCUT2D eigenvalue weighted by Crippen LogP contribution is 2.28. The van der Waals surface area contributed by atoms with Crippen molar-refractivity contribution in [1.29, 1.82) is 0 Å². The minimum atomic E-state index is -0.766. The van der Waals surface area contributed by atoms with Crippen molar-refractivity contribution in [2.75, 3.05) is 7.11 Å². The van der Waals surface area contributed by atoms with Crippen molar-refractivity contribution < 1.29 is 18.7 Å². The fourth-order valence-corrected chi connectivity index (χ4v) is 4.76. The molecule has 1 unspecified atom stereocenters. The molecule has 0 bridgehead atoms. The van der Waals surface area contributed by atoms with Gasteiger partial charge < -0.3 is 15.8 Å². The topological polar surface area (TPSA) is 160 Å². The molecule has 2 amide bonds. The zero-order chi connectivity index (χ0) is 27.6. The quantitative estimate of drug-likeness (QED) is 0.229. The molecule has 39 heavy (non-hydrogen) atoms. The lowest BCUT2D eigenvalue weighted by Crippen LogP contribution is -2.42. The van der Waals surface area contributed by atoms with E-state index >= 15 is 0 Å². The van der Waals surface area contributed by atoms with Gasteiger partial charge in [0.1, 0.15) is 6.04 Å². The summed E-state index contributed by atoms with van der Waals surface area (Å²) in [4.78, 5) is 30.3. The summed E-state index contributed by atoms with van der Waals surface area (Å²) in [5.74, 6) is -0.389. The lowest BCUT2D eigenvalue weighted by molar-refractivity contribution is -0.123. The lowest BCUT2D eigenvalue weighted by atomic mass is 9.84. The number of amides is 2. The molecule has 0 radical (unpaired) electrons. The first-order chi connectivity index (χ1) is 18.9. The van der Waals surface area contributed by atoms with Gasteiger partial charge >= 0.3 is 0 Å². The van der Waals surface area contributed by atoms with Crippen LogP contribution in [0.1, 0.15) is 49.7 Å². The van der Waals surface area contributed by atoms with Crippen LogP contribution in [0, 0.1) is 11.7 Å². The van der Waals surface area contributed by atoms with Gasteiger partial charge in [-0.15, -0.1) is 10.2 Å². The van der Waals surface area contributed by atoms with Crippen LogP contribution in [-0.2, 0) is 22.6 Å². The van der Waals surface area contributed by atoms with E-state index in [-0.39, 0.29) is 36.5 Å². The number of nitrogens with zero attached hydrogens (tertiary/aromatic N) is 4. The van der Waals surface area contributed by atoms with Crippen molar-refractivity contribution in [1.82, 2.24) is 31.3 Å². The smallest absolute Gasteiger partial charge is 0.245 e. The summed E-state index contributed by atoms with van der Waals surface area (Å²) in [5, 5.41) is 19.3. The van der Waals surface area contributed by atoms with Crippen LogP contribution in [0.5, 0.6) is 5.75 Å². The van der Waals surface area contributed by atoms with Crippen molar-refractivity contribution in [3.63, 3.8) is 0 Å². The van der Waals surface area contributed by atoms with Crippen LogP contribution in [0.2, 0.25) is 0 Å². The third kappa shape index (κ3) is 8.06. The summed E-state index contributed by atoms with van der Waals surface area (Å²) in [6, 6.07) is 10.9. The Morgan fingerprint density at radius 3 is 2.74 bits per heavy atom. The maximum Gasteiger partial charge on any atom is 0.245 e. The average Bonchev–Trinajstić information content (AvgIpc) is 3.48. The molecule has 206 valence electrons. The predicted octanol–water partition coefficient (Wildman–Crippen LogP) is 2.64. The van der Waals surface area contributed by atoms with Gasteiger partial charge in [-0.2, -0.15) is 5.21 Å². The van der Waals surface area contributed by atoms with E-state index in [4.69, 9.17) is 10.5 Å². The molecule has 4 rings (SSSR count). The van der Waals surface area contributed by atoms with Gasteiger partial charge in [-0.25, -0.2) is 9.38 Å². The number of hydrogen-bond donors (Lipinski definition) is 4. The van der Waals surface area contributed by atoms with E-state index in [1.165, 1.54) is 25.7 Å². The minimum absolute atomic E-state index is 0.0494. The number of aromatic amines is 1. The number of benzene rings is 2. The highest BCUT2D eigenvalue weighted by Gasteiger charge is 2.25. The van der Waals surface area contributed by atoms with Crippen LogP contribution in [0.3, 0.4) is 0 Å². The van der Waals surface area contributed by atoms with E-state index in [1.807, 2.05) is 6.07 Å². The molecule has 1 heterocycles. The second-order valence-electron chi connectivity index (χ2n) is 9.62. The van der Waals surface area contributed by atoms with Crippen LogP contribution in [0.15, 0.2) is 47.5 Å². The van der Waals surface area contributed by atoms with Crippen molar-refractivity contribution in [3.8, 4) is 17.1 Å². The fourth-order valence-electron chi connectivity index (χ4n) is 4.76. The summed E-state index contributed by atoms with van der Waals surface area (Å²) in [5.41, 5.74) is 8.23. The standard InChI is InChI=1S/C27H33FN8O3/c1-39-23-14-19(10-11-21(23)28)16-30-26(38)22(13-17-6-3-2-4-7-17)31-27(29)32-24(37)15-18-8-5-9-20(12-18)25-33-35-36-34-25/h5,8-12,14,17,22H,2-4,6-7,13,15-16H2,1H3,(H,30,38)(H3,29,31,32,37)(H,33,34,35,36). The molecule has 0 saturated heterocycles. The van der Waals surface area contributed by atoms with Crippen molar-refractivity contribution in [2.45, 2.75) is 57.5 Å². The normalized spacial score (nSPS) is 15.0.